The molecule has 10 heteroatoms. The Kier molecular flexibility index (Phi) is 6.06. The highest BCUT2D eigenvalue weighted by Gasteiger charge is 2.29. The number of nitrogens with zero attached hydrogens (tertiary/aromatic N) is 1. The van der Waals surface area contributed by atoms with Crippen molar-refractivity contribution in [2.24, 2.45) is 0 Å². The Labute approximate surface area is 170 Å². The molecule has 0 radical (unpaired) electrons. The van der Waals surface area contributed by atoms with Gasteiger partial charge in [0.25, 0.3) is 17.5 Å². The molecule has 1 saturated heterocycles. The number of nitro groups is 1. The number of hydrogen-bond acceptors (Lipinski definition) is 7. The Morgan fingerprint density at radius 2 is 1.63 bits per heavy atom. The van der Waals surface area contributed by atoms with E-state index >= 15 is 0 Å². The number of nitrogens with one attached hydrogen (secondary N) is 2. The molecule has 1 aliphatic rings. The number of rotatable bonds is 7. The summed E-state index contributed by atoms with van der Waals surface area (Å²) in [4.78, 5) is 46.0. The van der Waals surface area contributed by atoms with Gasteiger partial charge in [0.1, 0.15) is 12.2 Å². The molecule has 4 amide bonds. The van der Waals surface area contributed by atoms with Crippen LogP contribution in [0.3, 0.4) is 0 Å². The maximum absolute atomic E-state index is 12.0. The lowest BCUT2D eigenvalue weighted by atomic mass is 10.1. The molecule has 2 N–H and O–H groups in total. The molecule has 0 bridgehead atoms. The number of ether oxygens (including phenoxy) is 2. The van der Waals surface area contributed by atoms with Crippen molar-refractivity contribution in [3.63, 3.8) is 0 Å². The normalized spacial score (nSPS) is 13.4. The molecule has 2 aromatic rings. The summed E-state index contributed by atoms with van der Waals surface area (Å²) < 4.78 is 11.2. The number of imide groups is 2. The van der Waals surface area contributed by atoms with Crippen LogP contribution in [0.25, 0.3) is 6.08 Å². The average molecular weight is 411 g/mol. The molecule has 1 heterocycles. The second-order valence-corrected chi connectivity index (χ2v) is 6.12. The van der Waals surface area contributed by atoms with E-state index in [0.717, 1.165) is 11.6 Å². The molecule has 0 saturated carbocycles. The fraction of sp³-hybridized carbons (Fsp3) is 0.150. The lowest BCUT2D eigenvalue weighted by Crippen LogP contribution is -2.51. The van der Waals surface area contributed by atoms with Crippen LogP contribution < -0.4 is 20.1 Å². The predicted molar refractivity (Wildman–Crippen MR) is 105 cm³/mol. The molecular weight excluding hydrogens is 394 g/mol. The molecule has 1 fully saturated rings. The Bertz CT molecular complexity index is 1030. The summed E-state index contributed by atoms with van der Waals surface area (Å²) in [5.74, 6) is -1.57. The zero-order valence-electron chi connectivity index (χ0n) is 15.8. The number of hydrogen-bond donors (Lipinski definition) is 2. The summed E-state index contributed by atoms with van der Waals surface area (Å²) in [7, 11) is 0. The molecule has 10 nitrogen and oxygen atoms in total. The third kappa shape index (κ3) is 4.61. The van der Waals surface area contributed by atoms with E-state index in [1.807, 2.05) is 41.0 Å². The third-order valence-corrected chi connectivity index (χ3v) is 4.07. The molecule has 1 aliphatic heterocycles. The van der Waals surface area contributed by atoms with Crippen molar-refractivity contribution in [2.75, 3.05) is 6.61 Å². The number of amides is 4. The Morgan fingerprint density at radius 1 is 1.00 bits per heavy atom. The van der Waals surface area contributed by atoms with Crippen molar-refractivity contribution in [1.82, 2.24) is 10.6 Å². The molecule has 0 aliphatic carbocycles. The minimum absolute atomic E-state index is 0.0508. The first-order valence-corrected chi connectivity index (χ1v) is 8.89. The van der Waals surface area contributed by atoms with E-state index in [0.29, 0.717) is 0 Å². The van der Waals surface area contributed by atoms with Gasteiger partial charge in [-0.3, -0.25) is 30.3 Å². The van der Waals surface area contributed by atoms with Gasteiger partial charge < -0.3 is 9.47 Å². The van der Waals surface area contributed by atoms with Crippen LogP contribution in [0.4, 0.5) is 10.5 Å². The van der Waals surface area contributed by atoms with Gasteiger partial charge >= 0.3 is 6.03 Å². The third-order valence-electron chi connectivity index (χ3n) is 4.07. The van der Waals surface area contributed by atoms with Crippen molar-refractivity contribution in [3.05, 3.63) is 69.3 Å². The van der Waals surface area contributed by atoms with Gasteiger partial charge in [-0.05, 0) is 24.6 Å². The van der Waals surface area contributed by atoms with Crippen molar-refractivity contribution in [2.45, 2.75) is 13.5 Å². The van der Waals surface area contributed by atoms with E-state index in [2.05, 4.69) is 0 Å². The standard InChI is InChI=1S/C20H17N3O7/c1-2-29-16-9-13(8-14-18(24)21-20(26)22-19(14)25)15(23(27)28)10-17(16)30-11-12-6-4-3-5-7-12/h3-10H,2,11H2,1H3,(H2,21,22,24,25,26). The number of barbiturate groups is 1. The molecule has 154 valence electrons. The molecule has 0 aromatic heterocycles. The van der Waals surface area contributed by atoms with Crippen LogP contribution in [-0.2, 0) is 16.2 Å². The zero-order valence-corrected chi connectivity index (χ0v) is 15.8. The van der Waals surface area contributed by atoms with Gasteiger partial charge in [-0.1, -0.05) is 30.3 Å². The molecule has 0 spiro atoms. The lowest BCUT2D eigenvalue weighted by Gasteiger charge is -2.15. The number of benzene rings is 2. The van der Waals surface area contributed by atoms with Crippen molar-refractivity contribution in [3.8, 4) is 11.5 Å². The van der Waals surface area contributed by atoms with Gasteiger partial charge in [0.2, 0.25) is 0 Å². The minimum atomic E-state index is -0.962. The monoisotopic (exact) mass is 411 g/mol. The Morgan fingerprint density at radius 3 is 2.23 bits per heavy atom. The zero-order chi connectivity index (χ0) is 21.7. The first-order valence-electron chi connectivity index (χ1n) is 8.89. The highest BCUT2D eigenvalue weighted by atomic mass is 16.6. The second-order valence-electron chi connectivity index (χ2n) is 6.12. The topological polar surface area (TPSA) is 137 Å². The summed E-state index contributed by atoms with van der Waals surface area (Å²) in [6.07, 6.45) is 1.03. The van der Waals surface area contributed by atoms with Gasteiger partial charge in [0.15, 0.2) is 11.5 Å². The first-order chi connectivity index (χ1) is 14.4. The van der Waals surface area contributed by atoms with E-state index in [9.17, 15) is 24.5 Å². The van der Waals surface area contributed by atoms with E-state index in [1.54, 1.807) is 6.92 Å². The van der Waals surface area contributed by atoms with Gasteiger partial charge in [-0.25, -0.2) is 4.79 Å². The quantitative estimate of drug-likeness (QED) is 0.309. The van der Waals surface area contributed by atoms with Crippen LogP contribution in [0.15, 0.2) is 48.0 Å². The Hall–Kier alpha value is -4.21. The van der Waals surface area contributed by atoms with Gasteiger partial charge in [-0.15, -0.1) is 0 Å². The van der Waals surface area contributed by atoms with Gasteiger partial charge in [0, 0.05) is 0 Å². The fourth-order valence-electron chi connectivity index (χ4n) is 2.72. The number of carbonyl (C=O) groups is 3. The molecular formula is C20H17N3O7. The smallest absolute Gasteiger partial charge is 0.328 e. The highest BCUT2D eigenvalue weighted by Crippen LogP contribution is 2.36. The van der Waals surface area contributed by atoms with Gasteiger partial charge in [0.05, 0.1) is 23.2 Å². The van der Waals surface area contributed by atoms with E-state index in [-0.39, 0.29) is 30.3 Å². The van der Waals surface area contributed by atoms with E-state index < -0.39 is 34.0 Å². The maximum atomic E-state index is 12.0. The fourth-order valence-corrected chi connectivity index (χ4v) is 2.72. The first kappa shape index (κ1) is 20.5. The van der Waals surface area contributed by atoms with Crippen molar-refractivity contribution in [1.29, 1.82) is 0 Å². The summed E-state index contributed by atoms with van der Waals surface area (Å²) in [6, 6.07) is 10.7. The maximum Gasteiger partial charge on any atom is 0.328 e. The van der Waals surface area contributed by atoms with E-state index in [1.165, 1.54) is 12.1 Å². The molecule has 30 heavy (non-hydrogen) atoms. The SMILES string of the molecule is CCOc1cc(C=C2C(=O)NC(=O)NC2=O)c([N+](=O)[O-])cc1OCc1ccccc1. The number of nitro benzene ring substituents is 1. The van der Waals surface area contributed by atoms with Crippen molar-refractivity contribution >= 4 is 29.6 Å². The molecule has 2 aromatic carbocycles. The number of carbonyl (C=O) groups excluding carboxylic acids is 3. The minimum Gasteiger partial charge on any atom is -0.490 e. The van der Waals surface area contributed by atoms with Crippen molar-refractivity contribution < 1.29 is 28.8 Å². The Balaban J connectivity index is 2.01. The van der Waals surface area contributed by atoms with Crippen LogP contribution in [-0.4, -0.2) is 29.4 Å². The van der Waals surface area contributed by atoms with Crippen LogP contribution in [0, 0.1) is 10.1 Å². The largest absolute Gasteiger partial charge is 0.490 e. The summed E-state index contributed by atoms with van der Waals surface area (Å²) in [6.45, 7) is 2.14. The van der Waals surface area contributed by atoms with Crippen LogP contribution in [0.2, 0.25) is 0 Å². The molecule has 3 rings (SSSR count). The summed E-state index contributed by atoms with van der Waals surface area (Å²) in [5.41, 5.74) is -0.0382. The average Bonchev–Trinajstić information content (AvgIpc) is 2.70. The summed E-state index contributed by atoms with van der Waals surface area (Å²) in [5, 5.41) is 15.4. The van der Waals surface area contributed by atoms with Crippen LogP contribution in [0.1, 0.15) is 18.1 Å². The number of urea groups is 1. The van der Waals surface area contributed by atoms with Gasteiger partial charge in [-0.2, -0.15) is 0 Å². The van der Waals surface area contributed by atoms with Crippen LogP contribution >= 0.6 is 0 Å². The second kappa shape index (κ2) is 8.86. The molecule has 0 unspecified atom stereocenters. The lowest BCUT2D eigenvalue weighted by molar-refractivity contribution is -0.385. The summed E-state index contributed by atoms with van der Waals surface area (Å²) >= 11 is 0. The predicted octanol–water partition coefficient (Wildman–Crippen LogP) is 2.32. The highest BCUT2D eigenvalue weighted by molar-refractivity contribution is 6.31. The molecule has 0 atom stereocenters. The van der Waals surface area contributed by atoms with Crippen LogP contribution in [0.5, 0.6) is 11.5 Å². The van der Waals surface area contributed by atoms with E-state index in [4.69, 9.17) is 9.47 Å².